The second-order valence-corrected chi connectivity index (χ2v) is 5.37. The summed E-state index contributed by atoms with van der Waals surface area (Å²) in [5, 5.41) is 18.9. The van der Waals surface area contributed by atoms with Crippen LogP contribution in [0, 0.1) is 11.3 Å². The topological polar surface area (TPSA) is 108 Å². The molecule has 0 saturated heterocycles. The predicted octanol–water partition coefficient (Wildman–Crippen LogP) is 2.65. The third kappa shape index (κ3) is 2.56. The summed E-state index contributed by atoms with van der Waals surface area (Å²) < 4.78 is 0. The smallest absolute Gasteiger partial charge is 0.278 e. The number of amides is 1. The Balaban J connectivity index is 1.87. The number of carbonyl (C=O) groups is 1. The summed E-state index contributed by atoms with van der Waals surface area (Å²) in [4.78, 5) is 12.2. The molecule has 0 unspecified atom stereocenters. The molecule has 1 saturated carbocycles. The van der Waals surface area contributed by atoms with Crippen LogP contribution in [0.1, 0.15) is 40.5 Å². The second-order valence-electron chi connectivity index (χ2n) is 4.93. The molecule has 4 N–H and O–H groups in total. The average Bonchev–Trinajstić information content (AvgIpc) is 3.22. The van der Waals surface area contributed by atoms with E-state index in [9.17, 15) is 4.79 Å². The normalized spacial score (nSPS) is 13.7. The van der Waals surface area contributed by atoms with Crippen LogP contribution in [-0.2, 0) is 0 Å². The van der Waals surface area contributed by atoms with Crippen LogP contribution in [0.15, 0.2) is 18.2 Å². The zero-order valence-corrected chi connectivity index (χ0v) is 11.7. The molecule has 1 aliphatic carbocycles. The van der Waals surface area contributed by atoms with Crippen molar-refractivity contribution in [3.63, 3.8) is 0 Å². The number of aromatic amines is 1. The molecule has 21 heavy (non-hydrogen) atoms. The Morgan fingerprint density at radius 1 is 1.52 bits per heavy atom. The van der Waals surface area contributed by atoms with Crippen molar-refractivity contribution >= 4 is 28.9 Å². The van der Waals surface area contributed by atoms with Crippen LogP contribution in [0.2, 0.25) is 5.02 Å². The summed E-state index contributed by atoms with van der Waals surface area (Å²) in [6.07, 6.45) is 2.11. The minimum Gasteiger partial charge on any atom is -0.395 e. The molecule has 1 aliphatic rings. The lowest BCUT2D eigenvalue weighted by atomic mass is 10.2. The van der Waals surface area contributed by atoms with E-state index >= 15 is 0 Å². The molecule has 6 nitrogen and oxygen atoms in total. The van der Waals surface area contributed by atoms with Crippen molar-refractivity contribution < 1.29 is 4.79 Å². The molecular formula is C14H12ClN5O. The lowest BCUT2D eigenvalue weighted by Gasteiger charge is -2.06. The van der Waals surface area contributed by atoms with Crippen molar-refractivity contribution in [2.24, 2.45) is 0 Å². The fourth-order valence-corrected chi connectivity index (χ4v) is 2.29. The van der Waals surface area contributed by atoms with Gasteiger partial charge in [-0.3, -0.25) is 9.89 Å². The highest BCUT2D eigenvalue weighted by atomic mass is 35.5. The number of nitrogens with zero attached hydrogens (tertiary/aromatic N) is 2. The van der Waals surface area contributed by atoms with Gasteiger partial charge in [-0.05, 0) is 31.0 Å². The van der Waals surface area contributed by atoms with Crippen molar-refractivity contribution in [3.8, 4) is 6.07 Å². The summed E-state index contributed by atoms with van der Waals surface area (Å²) in [7, 11) is 0. The van der Waals surface area contributed by atoms with Crippen LogP contribution in [0.3, 0.4) is 0 Å². The summed E-state index contributed by atoms with van der Waals surface area (Å²) in [6.45, 7) is 0. The number of nitrogens with two attached hydrogens (primary N) is 1. The number of H-pyrrole nitrogens is 1. The highest BCUT2D eigenvalue weighted by Gasteiger charge is 2.30. The van der Waals surface area contributed by atoms with Gasteiger partial charge >= 0.3 is 0 Å². The second kappa shape index (κ2) is 5.11. The first-order valence-electron chi connectivity index (χ1n) is 6.45. The monoisotopic (exact) mass is 301 g/mol. The van der Waals surface area contributed by atoms with Gasteiger partial charge in [-0.15, -0.1) is 0 Å². The van der Waals surface area contributed by atoms with Crippen molar-refractivity contribution in [2.75, 3.05) is 11.1 Å². The molecule has 0 spiro atoms. The van der Waals surface area contributed by atoms with E-state index in [2.05, 4.69) is 15.5 Å². The molecule has 1 aromatic carbocycles. The van der Waals surface area contributed by atoms with Gasteiger partial charge < -0.3 is 11.1 Å². The van der Waals surface area contributed by atoms with Crippen LogP contribution >= 0.6 is 11.6 Å². The summed E-state index contributed by atoms with van der Waals surface area (Å²) >= 11 is 5.88. The Morgan fingerprint density at radius 3 is 2.95 bits per heavy atom. The number of halogens is 1. The number of anilines is 2. The number of benzene rings is 1. The number of carbonyl (C=O) groups excluding carboxylic acids is 1. The highest BCUT2D eigenvalue weighted by molar-refractivity contribution is 6.31. The van der Waals surface area contributed by atoms with E-state index < -0.39 is 5.91 Å². The van der Waals surface area contributed by atoms with E-state index in [0.29, 0.717) is 27.9 Å². The highest BCUT2D eigenvalue weighted by Crippen LogP contribution is 2.42. The number of rotatable bonds is 3. The van der Waals surface area contributed by atoms with Crippen molar-refractivity contribution in [1.29, 1.82) is 5.26 Å². The molecule has 0 bridgehead atoms. The van der Waals surface area contributed by atoms with Gasteiger partial charge in [0.1, 0.15) is 6.07 Å². The standard InChI is InChI=1S/C14H12ClN5O/c15-9-4-3-8(6-16)10(5-9)18-14(21)13-11(17)12(19-20-13)7-1-2-7/h3-5,7H,1-2,17H2,(H,18,21)(H,19,20). The first-order valence-corrected chi connectivity index (χ1v) is 6.82. The number of aromatic nitrogens is 2. The van der Waals surface area contributed by atoms with Crippen LogP contribution in [0.4, 0.5) is 11.4 Å². The third-order valence-corrected chi connectivity index (χ3v) is 3.62. The van der Waals surface area contributed by atoms with Crippen LogP contribution in [0.5, 0.6) is 0 Å². The van der Waals surface area contributed by atoms with Crippen LogP contribution in [-0.4, -0.2) is 16.1 Å². The molecule has 7 heteroatoms. The Morgan fingerprint density at radius 2 is 2.29 bits per heavy atom. The molecular weight excluding hydrogens is 290 g/mol. The van der Waals surface area contributed by atoms with Crippen molar-refractivity contribution in [1.82, 2.24) is 10.2 Å². The van der Waals surface area contributed by atoms with Crippen LogP contribution < -0.4 is 11.1 Å². The molecule has 2 aromatic rings. The van der Waals surface area contributed by atoms with Crippen LogP contribution in [0.25, 0.3) is 0 Å². The van der Waals surface area contributed by atoms with Gasteiger partial charge in [0.2, 0.25) is 0 Å². The van der Waals surface area contributed by atoms with E-state index in [0.717, 1.165) is 18.5 Å². The van der Waals surface area contributed by atoms with E-state index in [1.165, 1.54) is 6.07 Å². The Hall–Kier alpha value is -2.52. The Bertz CT molecular complexity index is 757. The van der Waals surface area contributed by atoms with E-state index in [1.54, 1.807) is 12.1 Å². The third-order valence-electron chi connectivity index (χ3n) is 3.38. The number of nitrogen functional groups attached to an aromatic ring is 1. The predicted molar refractivity (Wildman–Crippen MR) is 79.1 cm³/mol. The zero-order chi connectivity index (χ0) is 15.0. The molecule has 1 heterocycles. The molecule has 3 rings (SSSR count). The van der Waals surface area contributed by atoms with Gasteiger partial charge in [0.05, 0.1) is 22.6 Å². The molecule has 1 amide bonds. The van der Waals surface area contributed by atoms with Crippen molar-refractivity contribution in [2.45, 2.75) is 18.8 Å². The van der Waals surface area contributed by atoms with E-state index in [1.807, 2.05) is 6.07 Å². The largest absolute Gasteiger partial charge is 0.395 e. The van der Waals surface area contributed by atoms with Gasteiger partial charge in [0.25, 0.3) is 5.91 Å². The molecule has 0 atom stereocenters. The first-order chi connectivity index (χ1) is 10.1. The molecule has 1 fully saturated rings. The fraction of sp³-hybridized carbons (Fsp3) is 0.214. The molecule has 106 valence electrons. The molecule has 0 aliphatic heterocycles. The SMILES string of the molecule is N#Cc1ccc(Cl)cc1NC(=O)c1n[nH]c(C2CC2)c1N. The Kier molecular flexibility index (Phi) is 3.28. The number of nitriles is 1. The minimum atomic E-state index is -0.464. The number of hydrogen-bond acceptors (Lipinski definition) is 4. The maximum atomic E-state index is 12.2. The lowest BCUT2D eigenvalue weighted by Crippen LogP contribution is -2.15. The maximum Gasteiger partial charge on any atom is 0.278 e. The van der Waals surface area contributed by atoms with Gasteiger partial charge in [-0.1, -0.05) is 11.6 Å². The average molecular weight is 302 g/mol. The summed E-state index contributed by atoms with van der Waals surface area (Å²) in [5.74, 6) is -0.0886. The first kappa shape index (κ1) is 13.5. The fourth-order valence-electron chi connectivity index (χ4n) is 2.12. The number of hydrogen-bond donors (Lipinski definition) is 3. The van der Waals surface area contributed by atoms with Gasteiger partial charge in [0.15, 0.2) is 5.69 Å². The van der Waals surface area contributed by atoms with Gasteiger partial charge in [-0.2, -0.15) is 10.4 Å². The van der Waals surface area contributed by atoms with Gasteiger partial charge in [-0.25, -0.2) is 0 Å². The Labute approximate surface area is 125 Å². The zero-order valence-electron chi connectivity index (χ0n) is 11.0. The van der Waals surface area contributed by atoms with E-state index in [-0.39, 0.29) is 5.69 Å². The van der Waals surface area contributed by atoms with Gasteiger partial charge in [0, 0.05) is 10.9 Å². The summed E-state index contributed by atoms with van der Waals surface area (Å²) in [6, 6.07) is 6.64. The van der Waals surface area contributed by atoms with Crippen molar-refractivity contribution in [3.05, 3.63) is 40.2 Å². The molecule has 1 aromatic heterocycles. The lowest BCUT2D eigenvalue weighted by molar-refractivity contribution is 0.102. The quantitative estimate of drug-likeness (QED) is 0.809. The minimum absolute atomic E-state index is 0.140. The number of nitrogens with one attached hydrogen (secondary N) is 2. The van der Waals surface area contributed by atoms with E-state index in [4.69, 9.17) is 22.6 Å². The maximum absolute atomic E-state index is 12.2. The molecule has 0 radical (unpaired) electrons. The summed E-state index contributed by atoms with van der Waals surface area (Å²) in [5.41, 5.74) is 7.94.